The zero-order valence-electron chi connectivity index (χ0n) is 11.6. The molecule has 4 heteroatoms. The SMILES string of the molecule is COc1cc(C(C)CO)ccc1OC1CCCSC1. The van der Waals surface area contributed by atoms with E-state index in [2.05, 4.69) is 0 Å². The second-order valence-corrected chi connectivity index (χ2v) is 6.10. The smallest absolute Gasteiger partial charge is 0.161 e. The molecule has 1 aliphatic heterocycles. The van der Waals surface area contributed by atoms with Gasteiger partial charge in [0, 0.05) is 18.3 Å². The number of rotatable bonds is 5. The van der Waals surface area contributed by atoms with E-state index in [0.717, 1.165) is 29.2 Å². The van der Waals surface area contributed by atoms with E-state index in [1.54, 1.807) is 7.11 Å². The van der Waals surface area contributed by atoms with E-state index in [1.165, 1.54) is 12.2 Å². The van der Waals surface area contributed by atoms with Gasteiger partial charge in [0.1, 0.15) is 6.10 Å². The molecule has 0 saturated carbocycles. The molecule has 106 valence electrons. The van der Waals surface area contributed by atoms with Crippen LogP contribution in [0.5, 0.6) is 11.5 Å². The number of aliphatic hydroxyl groups is 1. The number of hydrogen-bond donors (Lipinski definition) is 1. The number of benzene rings is 1. The Hall–Kier alpha value is -0.870. The molecule has 0 radical (unpaired) electrons. The van der Waals surface area contributed by atoms with E-state index < -0.39 is 0 Å². The number of methoxy groups -OCH3 is 1. The van der Waals surface area contributed by atoms with E-state index in [9.17, 15) is 5.11 Å². The van der Waals surface area contributed by atoms with Crippen LogP contribution < -0.4 is 9.47 Å². The van der Waals surface area contributed by atoms with Crippen molar-refractivity contribution >= 4 is 11.8 Å². The van der Waals surface area contributed by atoms with Gasteiger partial charge in [0.2, 0.25) is 0 Å². The van der Waals surface area contributed by atoms with Crippen LogP contribution in [0.3, 0.4) is 0 Å². The van der Waals surface area contributed by atoms with Gasteiger partial charge in [-0.15, -0.1) is 0 Å². The van der Waals surface area contributed by atoms with E-state index in [0.29, 0.717) is 0 Å². The molecule has 1 N–H and O–H groups in total. The van der Waals surface area contributed by atoms with Gasteiger partial charge in [-0.1, -0.05) is 13.0 Å². The fourth-order valence-corrected chi connectivity index (χ4v) is 3.21. The van der Waals surface area contributed by atoms with Crippen LogP contribution >= 0.6 is 11.8 Å². The van der Waals surface area contributed by atoms with Gasteiger partial charge in [-0.3, -0.25) is 0 Å². The van der Waals surface area contributed by atoms with Crippen molar-refractivity contribution in [3.05, 3.63) is 23.8 Å². The first kappa shape index (κ1) is 14.5. The summed E-state index contributed by atoms with van der Waals surface area (Å²) in [6.45, 7) is 2.13. The molecule has 3 nitrogen and oxygen atoms in total. The molecular formula is C15H22O3S. The van der Waals surface area contributed by atoms with Crippen LogP contribution in [0.1, 0.15) is 31.2 Å². The Morgan fingerprint density at radius 3 is 2.89 bits per heavy atom. The fraction of sp³-hybridized carbons (Fsp3) is 0.600. The summed E-state index contributed by atoms with van der Waals surface area (Å²) in [6.07, 6.45) is 2.62. The summed E-state index contributed by atoms with van der Waals surface area (Å²) < 4.78 is 11.4. The van der Waals surface area contributed by atoms with Crippen molar-refractivity contribution in [2.24, 2.45) is 0 Å². The van der Waals surface area contributed by atoms with Gasteiger partial charge in [0.25, 0.3) is 0 Å². The van der Waals surface area contributed by atoms with Crippen molar-refractivity contribution in [1.29, 1.82) is 0 Å². The monoisotopic (exact) mass is 282 g/mol. The summed E-state index contributed by atoms with van der Waals surface area (Å²) in [5.74, 6) is 3.98. The van der Waals surface area contributed by atoms with Crippen LogP contribution in [0.15, 0.2) is 18.2 Å². The Morgan fingerprint density at radius 1 is 1.42 bits per heavy atom. The fourth-order valence-electron chi connectivity index (χ4n) is 2.18. The van der Waals surface area contributed by atoms with Crippen LogP contribution in [0, 0.1) is 0 Å². The zero-order chi connectivity index (χ0) is 13.7. The Kier molecular flexibility index (Phi) is 5.40. The molecule has 1 heterocycles. The highest BCUT2D eigenvalue weighted by Crippen LogP contribution is 2.33. The first-order valence-corrected chi connectivity index (χ1v) is 7.93. The summed E-state index contributed by atoms with van der Waals surface area (Å²) >= 11 is 1.95. The highest BCUT2D eigenvalue weighted by atomic mass is 32.2. The summed E-state index contributed by atoms with van der Waals surface area (Å²) in [6, 6.07) is 5.93. The lowest BCUT2D eigenvalue weighted by atomic mass is 10.0. The zero-order valence-corrected chi connectivity index (χ0v) is 12.4. The largest absolute Gasteiger partial charge is 0.493 e. The maximum atomic E-state index is 9.21. The number of ether oxygens (including phenoxy) is 2. The molecule has 1 aliphatic rings. The van der Waals surface area contributed by atoms with Crippen LogP contribution in [-0.4, -0.2) is 36.4 Å². The minimum Gasteiger partial charge on any atom is -0.493 e. The molecule has 2 rings (SSSR count). The quantitative estimate of drug-likeness (QED) is 0.901. The lowest BCUT2D eigenvalue weighted by Gasteiger charge is -2.24. The lowest BCUT2D eigenvalue weighted by molar-refractivity contribution is 0.202. The predicted octanol–water partition coefficient (Wildman–Crippen LogP) is 3.07. The van der Waals surface area contributed by atoms with Crippen LogP contribution in [0.4, 0.5) is 0 Å². The van der Waals surface area contributed by atoms with Crippen LogP contribution in [-0.2, 0) is 0 Å². The average molecular weight is 282 g/mol. The van der Waals surface area contributed by atoms with Crippen molar-refractivity contribution in [2.75, 3.05) is 25.2 Å². The van der Waals surface area contributed by atoms with Gasteiger partial charge in [0.05, 0.1) is 7.11 Å². The van der Waals surface area contributed by atoms with E-state index in [-0.39, 0.29) is 18.6 Å². The normalized spacial score (nSPS) is 20.9. The maximum absolute atomic E-state index is 9.21. The van der Waals surface area contributed by atoms with Gasteiger partial charge in [0.15, 0.2) is 11.5 Å². The molecule has 1 aromatic carbocycles. The van der Waals surface area contributed by atoms with E-state index in [4.69, 9.17) is 9.47 Å². The minimum absolute atomic E-state index is 0.119. The van der Waals surface area contributed by atoms with Crippen molar-refractivity contribution < 1.29 is 14.6 Å². The second-order valence-electron chi connectivity index (χ2n) is 4.95. The van der Waals surface area contributed by atoms with Gasteiger partial charge < -0.3 is 14.6 Å². The molecule has 0 aliphatic carbocycles. The van der Waals surface area contributed by atoms with E-state index >= 15 is 0 Å². The van der Waals surface area contributed by atoms with Crippen molar-refractivity contribution in [3.8, 4) is 11.5 Å². The lowest BCUT2D eigenvalue weighted by Crippen LogP contribution is -2.23. The predicted molar refractivity (Wildman–Crippen MR) is 79.5 cm³/mol. The maximum Gasteiger partial charge on any atom is 0.161 e. The molecular weight excluding hydrogens is 260 g/mol. The average Bonchev–Trinajstić information content (AvgIpc) is 2.48. The molecule has 2 unspecified atom stereocenters. The number of aliphatic hydroxyl groups excluding tert-OH is 1. The number of hydrogen-bond acceptors (Lipinski definition) is 4. The third-order valence-corrected chi connectivity index (χ3v) is 4.63. The molecule has 0 amide bonds. The molecule has 2 atom stereocenters. The first-order valence-electron chi connectivity index (χ1n) is 6.77. The summed E-state index contributed by atoms with van der Waals surface area (Å²) in [4.78, 5) is 0. The summed E-state index contributed by atoms with van der Waals surface area (Å²) in [7, 11) is 1.66. The van der Waals surface area contributed by atoms with Crippen molar-refractivity contribution in [3.63, 3.8) is 0 Å². The van der Waals surface area contributed by atoms with Crippen LogP contribution in [0.2, 0.25) is 0 Å². The van der Waals surface area contributed by atoms with Crippen molar-refractivity contribution in [1.82, 2.24) is 0 Å². The van der Waals surface area contributed by atoms with E-state index in [1.807, 2.05) is 36.9 Å². The molecule has 0 bridgehead atoms. The Bertz CT molecular complexity index is 402. The second kappa shape index (κ2) is 7.06. The molecule has 19 heavy (non-hydrogen) atoms. The molecule has 1 saturated heterocycles. The Morgan fingerprint density at radius 2 is 2.26 bits per heavy atom. The topological polar surface area (TPSA) is 38.7 Å². The Labute approximate surface area is 119 Å². The highest BCUT2D eigenvalue weighted by molar-refractivity contribution is 7.99. The highest BCUT2D eigenvalue weighted by Gasteiger charge is 2.18. The van der Waals surface area contributed by atoms with Gasteiger partial charge >= 0.3 is 0 Å². The van der Waals surface area contributed by atoms with Gasteiger partial charge in [-0.2, -0.15) is 11.8 Å². The third kappa shape index (κ3) is 3.80. The standard InChI is InChI=1S/C15H22O3S/c1-11(9-16)12-5-6-14(15(8-12)17-2)18-13-4-3-7-19-10-13/h5-6,8,11,13,16H,3-4,7,9-10H2,1-2H3. The summed E-state index contributed by atoms with van der Waals surface area (Å²) in [5, 5.41) is 9.21. The van der Waals surface area contributed by atoms with Crippen molar-refractivity contribution in [2.45, 2.75) is 31.8 Å². The third-order valence-electron chi connectivity index (χ3n) is 3.44. The molecule has 1 fully saturated rings. The molecule has 0 aromatic heterocycles. The van der Waals surface area contributed by atoms with Crippen LogP contribution in [0.25, 0.3) is 0 Å². The van der Waals surface area contributed by atoms with Gasteiger partial charge in [-0.25, -0.2) is 0 Å². The Balaban J connectivity index is 2.11. The first-order chi connectivity index (χ1) is 9.24. The molecule has 0 spiro atoms. The van der Waals surface area contributed by atoms with Gasteiger partial charge in [-0.05, 0) is 36.3 Å². The minimum atomic E-state index is 0.119. The summed E-state index contributed by atoms with van der Waals surface area (Å²) in [5.41, 5.74) is 1.07. The molecule has 1 aromatic rings. The number of thioether (sulfide) groups is 1.